The van der Waals surface area contributed by atoms with Crippen LogP contribution in [-0.4, -0.2) is 9.97 Å². The van der Waals surface area contributed by atoms with Gasteiger partial charge in [0.15, 0.2) is 5.65 Å². The van der Waals surface area contributed by atoms with Crippen molar-refractivity contribution in [2.45, 2.75) is 13.8 Å². The molecular formula is C18H14N2S2. The third kappa shape index (κ3) is 2.45. The van der Waals surface area contributed by atoms with E-state index in [1.807, 2.05) is 18.2 Å². The van der Waals surface area contributed by atoms with Crippen LogP contribution in [0.4, 0.5) is 0 Å². The number of thiazole rings is 2. The number of hydrogen-bond acceptors (Lipinski definition) is 4. The lowest BCUT2D eigenvalue weighted by Crippen LogP contribution is -1.82. The lowest BCUT2D eigenvalue weighted by atomic mass is 10.1. The van der Waals surface area contributed by atoms with E-state index < -0.39 is 0 Å². The molecule has 2 aromatic carbocycles. The Morgan fingerprint density at radius 1 is 0.727 bits per heavy atom. The van der Waals surface area contributed by atoms with Crippen LogP contribution in [0.15, 0.2) is 48.5 Å². The zero-order valence-electron chi connectivity index (χ0n) is 12.3. The maximum absolute atomic E-state index is 4.73. The Balaban J connectivity index is 1.78. The average Bonchev–Trinajstić information content (AvgIpc) is 3.05. The summed E-state index contributed by atoms with van der Waals surface area (Å²) in [6.07, 6.45) is 0. The van der Waals surface area contributed by atoms with Crippen molar-refractivity contribution in [2.24, 2.45) is 0 Å². The SMILES string of the molecule is Cc1cc(C)cc(-c2nc3nc(-c4ccccc4)sc3s2)c1. The zero-order valence-corrected chi connectivity index (χ0v) is 14.0. The fourth-order valence-corrected chi connectivity index (χ4v) is 4.68. The third-order valence-corrected chi connectivity index (χ3v) is 5.74. The van der Waals surface area contributed by atoms with E-state index in [-0.39, 0.29) is 0 Å². The number of rotatable bonds is 2. The van der Waals surface area contributed by atoms with Crippen LogP contribution in [0, 0.1) is 13.8 Å². The van der Waals surface area contributed by atoms with Gasteiger partial charge in [-0.1, -0.05) is 47.5 Å². The summed E-state index contributed by atoms with van der Waals surface area (Å²) in [4.78, 5) is 9.42. The van der Waals surface area contributed by atoms with Crippen molar-refractivity contribution < 1.29 is 0 Å². The molecule has 0 aliphatic carbocycles. The minimum Gasteiger partial charge on any atom is -0.215 e. The fourth-order valence-electron chi connectivity index (χ4n) is 2.57. The molecule has 0 unspecified atom stereocenters. The van der Waals surface area contributed by atoms with Gasteiger partial charge in [-0.15, -0.1) is 22.7 Å². The first-order chi connectivity index (χ1) is 10.7. The number of aromatic nitrogens is 2. The van der Waals surface area contributed by atoms with Crippen LogP contribution < -0.4 is 0 Å². The Hall–Kier alpha value is -2.04. The molecule has 0 aliphatic heterocycles. The van der Waals surface area contributed by atoms with Gasteiger partial charge in [0, 0.05) is 11.1 Å². The highest BCUT2D eigenvalue weighted by Crippen LogP contribution is 2.37. The minimum absolute atomic E-state index is 0.864. The second-order valence-electron chi connectivity index (χ2n) is 5.39. The van der Waals surface area contributed by atoms with E-state index in [4.69, 9.17) is 9.97 Å². The minimum atomic E-state index is 0.864. The van der Waals surface area contributed by atoms with Crippen molar-refractivity contribution >= 4 is 32.3 Å². The van der Waals surface area contributed by atoms with Crippen molar-refractivity contribution in [3.05, 3.63) is 59.7 Å². The van der Waals surface area contributed by atoms with Crippen molar-refractivity contribution in [1.29, 1.82) is 0 Å². The van der Waals surface area contributed by atoms with Gasteiger partial charge in [0.05, 0.1) is 0 Å². The Labute approximate surface area is 137 Å². The zero-order chi connectivity index (χ0) is 15.1. The van der Waals surface area contributed by atoms with Crippen molar-refractivity contribution in [3.8, 4) is 21.1 Å². The van der Waals surface area contributed by atoms with Crippen LogP contribution >= 0.6 is 22.7 Å². The molecule has 22 heavy (non-hydrogen) atoms. The van der Waals surface area contributed by atoms with Crippen molar-refractivity contribution in [1.82, 2.24) is 9.97 Å². The third-order valence-electron chi connectivity index (χ3n) is 3.47. The summed E-state index contributed by atoms with van der Waals surface area (Å²) in [5.41, 5.74) is 5.75. The first kappa shape index (κ1) is 13.6. The maximum atomic E-state index is 4.73. The topological polar surface area (TPSA) is 25.8 Å². The van der Waals surface area contributed by atoms with Crippen molar-refractivity contribution in [3.63, 3.8) is 0 Å². The van der Waals surface area contributed by atoms with Crippen molar-refractivity contribution in [2.75, 3.05) is 0 Å². The summed E-state index contributed by atoms with van der Waals surface area (Å²) in [7, 11) is 0. The Morgan fingerprint density at radius 3 is 1.91 bits per heavy atom. The standard InChI is InChI=1S/C18H14N2S2/c1-11-8-12(2)10-14(9-11)17-20-15-18(22-17)21-16(19-15)13-6-4-3-5-7-13/h3-10H,1-2H3. The molecule has 0 bridgehead atoms. The monoisotopic (exact) mass is 322 g/mol. The van der Waals surface area contributed by atoms with E-state index in [1.165, 1.54) is 20.7 Å². The molecule has 0 N–H and O–H groups in total. The first-order valence-corrected chi connectivity index (χ1v) is 8.74. The number of hydrogen-bond donors (Lipinski definition) is 0. The summed E-state index contributed by atoms with van der Waals surface area (Å²) in [6.45, 7) is 4.25. The van der Waals surface area contributed by atoms with Gasteiger partial charge in [-0.3, -0.25) is 0 Å². The molecule has 0 spiro atoms. The summed E-state index contributed by atoms with van der Waals surface area (Å²) in [6, 6.07) is 16.8. The van der Waals surface area contributed by atoms with Gasteiger partial charge >= 0.3 is 0 Å². The van der Waals surface area contributed by atoms with Crippen LogP contribution in [0.3, 0.4) is 0 Å². The fraction of sp³-hybridized carbons (Fsp3) is 0.111. The Kier molecular flexibility index (Phi) is 3.28. The van der Waals surface area contributed by atoms with Crippen LogP contribution in [0.1, 0.15) is 11.1 Å². The Morgan fingerprint density at radius 2 is 1.32 bits per heavy atom. The largest absolute Gasteiger partial charge is 0.215 e. The predicted molar refractivity (Wildman–Crippen MR) is 95.6 cm³/mol. The van der Waals surface area contributed by atoms with Gasteiger partial charge in [0.25, 0.3) is 0 Å². The predicted octanol–water partition coefficient (Wildman–Crippen LogP) is 5.70. The van der Waals surface area contributed by atoms with Gasteiger partial charge in [0.2, 0.25) is 0 Å². The highest BCUT2D eigenvalue weighted by molar-refractivity contribution is 7.40. The van der Waals surface area contributed by atoms with E-state index in [2.05, 4.69) is 44.2 Å². The lowest BCUT2D eigenvalue weighted by molar-refractivity contribution is 1.34. The normalized spacial score (nSPS) is 11.2. The van der Waals surface area contributed by atoms with Gasteiger partial charge in [-0.2, -0.15) is 0 Å². The second kappa shape index (κ2) is 5.30. The first-order valence-electron chi connectivity index (χ1n) is 7.10. The van der Waals surface area contributed by atoms with Gasteiger partial charge in [-0.25, -0.2) is 9.97 Å². The molecule has 0 atom stereocenters. The molecule has 0 amide bonds. The van der Waals surface area contributed by atoms with Gasteiger partial charge in [0.1, 0.15) is 14.0 Å². The highest BCUT2D eigenvalue weighted by atomic mass is 32.2. The summed E-state index contributed by atoms with van der Waals surface area (Å²) in [5.74, 6) is 0. The molecule has 2 nitrogen and oxygen atoms in total. The molecule has 108 valence electrons. The van der Waals surface area contributed by atoms with Crippen LogP contribution in [-0.2, 0) is 0 Å². The Bertz CT molecular complexity index is 900. The summed E-state index contributed by atoms with van der Waals surface area (Å²) < 4.78 is 1.19. The summed E-state index contributed by atoms with van der Waals surface area (Å²) >= 11 is 3.45. The quantitative estimate of drug-likeness (QED) is 0.473. The van der Waals surface area contributed by atoms with E-state index >= 15 is 0 Å². The molecular weight excluding hydrogens is 308 g/mol. The van der Waals surface area contributed by atoms with Gasteiger partial charge in [-0.05, 0) is 26.0 Å². The molecule has 2 aromatic heterocycles. The number of aryl methyl sites for hydroxylation is 2. The number of nitrogens with zero attached hydrogens (tertiary/aromatic N) is 2. The smallest absolute Gasteiger partial charge is 0.182 e. The van der Waals surface area contributed by atoms with E-state index in [0.717, 1.165) is 21.2 Å². The van der Waals surface area contributed by atoms with E-state index in [1.54, 1.807) is 22.7 Å². The number of fused-ring (bicyclic) bond motifs is 1. The molecule has 0 aliphatic rings. The number of benzene rings is 2. The summed E-state index contributed by atoms with van der Waals surface area (Å²) in [5, 5.41) is 2.10. The average molecular weight is 322 g/mol. The molecule has 0 fully saturated rings. The molecule has 0 saturated carbocycles. The van der Waals surface area contributed by atoms with Crippen LogP contribution in [0.5, 0.6) is 0 Å². The van der Waals surface area contributed by atoms with Gasteiger partial charge < -0.3 is 0 Å². The second-order valence-corrected chi connectivity index (χ2v) is 7.65. The van der Waals surface area contributed by atoms with E-state index in [9.17, 15) is 0 Å². The molecule has 2 heterocycles. The highest BCUT2D eigenvalue weighted by Gasteiger charge is 2.13. The molecule has 4 heteroatoms. The molecule has 4 aromatic rings. The molecule has 4 rings (SSSR count). The van der Waals surface area contributed by atoms with Crippen LogP contribution in [0.2, 0.25) is 0 Å². The maximum Gasteiger partial charge on any atom is 0.182 e. The van der Waals surface area contributed by atoms with E-state index in [0.29, 0.717) is 0 Å². The molecule has 0 saturated heterocycles. The lowest BCUT2D eigenvalue weighted by Gasteiger charge is -2.01. The van der Waals surface area contributed by atoms with Crippen LogP contribution in [0.25, 0.3) is 30.8 Å². The molecule has 0 radical (unpaired) electrons.